The van der Waals surface area contributed by atoms with E-state index in [1.807, 2.05) is 24.3 Å². The highest BCUT2D eigenvalue weighted by molar-refractivity contribution is 9.10. The quantitative estimate of drug-likeness (QED) is 0.628. The van der Waals surface area contributed by atoms with Crippen LogP contribution >= 0.6 is 15.9 Å². The Morgan fingerprint density at radius 2 is 2.00 bits per heavy atom. The van der Waals surface area contributed by atoms with Crippen LogP contribution in [0.4, 0.5) is 0 Å². The van der Waals surface area contributed by atoms with Gasteiger partial charge in [-0.25, -0.2) is 0 Å². The van der Waals surface area contributed by atoms with E-state index in [0.717, 1.165) is 10.0 Å². The highest BCUT2D eigenvalue weighted by Crippen LogP contribution is 2.11. The molecule has 2 nitrogen and oxygen atoms in total. The number of halogens is 1. The molecule has 0 radical (unpaired) electrons. The zero-order valence-electron chi connectivity index (χ0n) is 6.40. The molecule has 0 aliphatic rings. The van der Waals surface area contributed by atoms with E-state index < -0.39 is 0 Å². The van der Waals surface area contributed by atoms with E-state index in [-0.39, 0.29) is 7.69 Å². The van der Waals surface area contributed by atoms with Crippen LogP contribution in [0.5, 0.6) is 0 Å². The lowest BCUT2D eigenvalue weighted by Gasteiger charge is -1.93. The standard InChI is InChI=1S/C8H8BBrO2/c10-8-3-1-7(2-4-8)5-6-12-9-11/h1-6,9,11H. The van der Waals surface area contributed by atoms with Crippen LogP contribution < -0.4 is 0 Å². The van der Waals surface area contributed by atoms with Crippen LogP contribution in [0.2, 0.25) is 0 Å². The number of rotatable bonds is 3. The minimum absolute atomic E-state index is 0.285. The summed E-state index contributed by atoms with van der Waals surface area (Å²) in [6, 6.07) is 7.78. The maximum Gasteiger partial charge on any atom is 0.503 e. The van der Waals surface area contributed by atoms with Crippen LogP contribution in [0, 0.1) is 0 Å². The normalized spacial score (nSPS) is 10.2. The van der Waals surface area contributed by atoms with Crippen molar-refractivity contribution in [3.63, 3.8) is 0 Å². The molecule has 0 saturated carbocycles. The minimum atomic E-state index is -0.285. The third-order valence-electron chi connectivity index (χ3n) is 1.30. The molecular formula is C8H8BBrO2. The first kappa shape index (κ1) is 9.35. The average Bonchev–Trinajstić information content (AvgIpc) is 2.09. The molecular weight excluding hydrogens is 219 g/mol. The van der Waals surface area contributed by atoms with Gasteiger partial charge in [0.25, 0.3) is 0 Å². The molecule has 0 fully saturated rings. The molecule has 1 N–H and O–H groups in total. The van der Waals surface area contributed by atoms with Crippen molar-refractivity contribution in [1.29, 1.82) is 0 Å². The predicted octanol–water partition coefficient (Wildman–Crippen LogP) is 1.70. The van der Waals surface area contributed by atoms with Gasteiger partial charge in [-0.15, -0.1) is 0 Å². The van der Waals surface area contributed by atoms with Crippen molar-refractivity contribution in [1.82, 2.24) is 0 Å². The third-order valence-corrected chi connectivity index (χ3v) is 1.83. The van der Waals surface area contributed by atoms with Gasteiger partial charge < -0.3 is 9.68 Å². The Balaban J connectivity index is 2.58. The highest BCUT2D eigenvalue weighted by atomic mass is 79.9. The Labute approximate surface area is 80.3 Å². The maximum absolute atomic E-state index is 8.31. The minimum Gasteiger partial charge on any atom is -0.545 e. The van der Waals surface area contributed by atoms with Gasteiger partial charge >= 0.3 is 7.69 Å². The molecule has 1 rings (SSSR count). The Bertz CT molecular complexity index is 258. The summed E-state index contributed by atoms with van der Waals surface area (Å²) in [6.45, 7) is 0. The largest absolute Gasteiger partial charge is 0.545 e. The maximum atomic E-state index is 8.31. The average molecular weight is 227 g/mol. The second-order valence-electron chi connectivity index (χ2n) is 2.15. The molecule has 0 aliphatic heterocycles. The third kappa shape index (κ3) is 3.11. The summed E-state index contributed by atoms with van der Waals surface area (Å²) in [5, 5.41) is 8.31. The summed E-state index contributed by atoms with van der Waals surface area (Å²) in [7, 11) is -0.285. The Kier molecular flexibility index (Phi) is 3.90. The first-order valence-corrected chi connectivity index (χ1v) is 4.27. The van der Waals surface area contributed by atoms with Crippen LogP contribution in [0.3, 0.4) is 0 Å². The molecule has 62 valence electrons. The van der Waals surface area contributed by atoms with Crippen LogP contribution in [0.25, 0.3) is 6.08 Å². The molecule has 0 spiro atoms. The summed E-state index contributed by atoms with van der Waals surface area (Å²) in [4.78, 5) is 0. The number of hydrogen-bond donors (Lipinski definition) is 1. The zero-order chi connectivity index (χ0) is 8.81. The first-order chi connectivity index (χ1) is 5.83. The summed E-state index contributed by atoms with van der Waals surface area (Å²) < 4.78 is 5.68. The van der Waals surface area contributed by atoms with Gasteiger partial charge in [-0.05, 0) is 23.8 Å². The molecule has 0 unspecified atom stereocenters. The molecule has 1 aromatic rings. The molecule has 0 aromatic heterocycles. The van der Waals surface area contributed by atoms with E-state index in [1.165, 1.54) is 6.26 Å². The fourth-order valence-electron chi connectivity index (χ4n) is 0.744. The Morgan fingerprint density at radius 3 is 2.58 bits per heavy atom. The molecule has 4 heteroatoms. The second kappa shape index (κ2) is 5.01. The van der Waals surface area contributed by atoms with Crippen LogP contribution in [-0.4, -0.2) is 12.7 Å². The van der Waals surface area contributed by atoms with Crippen molar-refractivity contribution in [2.24, 2.45) is 0 Å². The molecule has 0 aliphatic carbocycles. The van der Waals surface area contributed by atoms with Gasteiger partial charge in [0.05, 0.1) is 6.26 Å². The van der Waals surface area contributed by atoms with E-state index >= 15 is 0 Å². The predicted molar refractivity (Wildman–Crippen MR) is 53.6 cm³/mol. The molecule has 0 atom stereocenters. The van der Waals surface area contributed by atoms with E-state index in [9.17, 15) is 0 Å². The monoisotopic (exact) mass is 226 g/mol. The van der Waals surface area contributed by atoms with Gasteiger partial charge in [-0.1, -0.05) is 28.1 Å². The van der Waals surface area contributed by atoms with Crippen LogP contribution in [0.1, 0.15) is 5.56 Å². The van der Waals surface area contributed by atoms with Crippen LogP contribution in [-0.2, 0) is 4.65 Å². The SMILES string of the molecule is OBOC=Cc1ccc(Br)cc1. The lowest BCUT2D eigenvalue weighted by molar-refractivity contribution is 0.408. The lowest BCUT2D eigenvalue weighted by Crippen LogP contribution is -1.86. The summed E-state index contributed by atoms with van der Waals surface area (Å²) >= 11 is 3.33. The lowest BCUT2D eigenvalue weighted by atomic mass is 10.2. The smallest absolute Gasteiger partial charge is 0.503 e. The Morgan fingerprint density at radius 1 is 1.33 bits per heavy atom. The van der Waals surface area contributed by atoms with E-state index in [2.05, 4.69) is 20.6 Å². The molecule has 0 saturated heterocycles. The highest BCUT2D eigenvalue weighted by Gasteiger charge is 1.86. The first-order valence-electron chi connectivity index (χ1n) is 3.47. The van der Waals surface area contributed by atoms with Crippen LogP contribution in [0.15, 0.2) is 35.0 Å². The topological polar surface area (TPSA) is 29.5 Å². The van der Waals surface area contributed by atoms with Gasteiger partial charge in [0.1, 0.15) is 0 Å². The summed E-state index contributed by atoms with van der Waals surface area (Å²) in [5.41, 5.74) is 1.03. The van der Waals surface area contributed by atoms with E-state index in [4.69, 9.17) is 5.02 Å². The van der Waals surface area contributed by atoms with Gasteiger partial charge in [0, 0.05) is 4.47 Å². The van der Waals surface area contributed by atoms with Crippen molar-refractivity contribution in [3.8, 4) is 0 Å². The number of hydrogen-bond acceptors (Lipinski definition) is 2. The summed E-state index contributed by atoms with van der Waals surface area (Å²) in [6.07, 6.45) is 3.24. The van der Waals surface area contributed by atoms with Gasteiger partial charge in [0.15, 0.2) is 0 Å². The zero-order valence-corrected chi connectivity index (χ0v) is 7.99. The van der Waals surface area contributed by atoms with E-state index in [1.54, 1.807) is 6.08 Å². The van der Waals surface area contributed by atoms with Crippen molar-refractivity contribution >= 4 is 29.7 Å². The van der Waals surface area contributed by atoms with Crippen molar-refractivity contribution in [2.75, 3.05) is 0 Å². The summed E-state index contributed by atoms with van der Waals surface area (Å²) in [5.74, 6) is 0. The van der Waals surface area contributed by atoms with Gasteiger partial charge in [0.2, 0.25) is 0 Å². The van der Waals surface area contributed by atoms with Crippen molar-refractivity contribution in [3.05, 3.63) is 40.6 Å². The van der Waals surface area contributed by atoms with Crippen molar-refractivity contribution in [2.45, 2.75) is 0 Å². The van der Waals surface area contributed by atoms with E-state index in [0.29, 0.717) is 0 Å². The van der Waals surface area contributed by atoms with Gasteiger partial charge in [-0.2, -0.15) is 0 Å². The molecule has 0 heterocycles. The van der Waals surface area contributed by atoms with Crippen molar-refractivity contribution < 1.29 is 9.68 Å². The molecule has 0 bridgehead atoms. The fourth-order valence-corrected chi connectivity index (χ4v) is 1.01. The Hall–Kier alpha value is -0.735. The fraction of sp³-hybridized carbons (Fsp3) is 0. The molecule has 1 aromatic carbocycles. The van der Waals surface area contributed by atoms with Gasteiger partial charge in [-0.3, -0.25) is 0 Å². The molecule has 12 heavy (non-hydrogen) atoms. The molecule has 0 amide bonds. The number of benzene rings is 1. The second-order valence-corrected chi connectivity index (χ2v) is 3.07.